The van der Waals surface area contributed by atoms with Gasteiger partial charge in [-0.2, -0.15) is 0 Å². The van der Waals surface area contributed by atoms with Crippen molar-refractivity contribution < 1.29 is 23.8 Å². The maximum atomic E-state index is 12.1. The number of nitrogens with one attached hydrogen (secondary N) is 1. The van der Waals surface area contributed by atoms with E-state index >= 15 is 0 Å². The van der Waals surface area contributed by atoms with E-state index < -0.39 is 23.5 Å². The first-order valence-corrected chi connectivity index (χ1v) is 8.77. The van der Waals surface area contributed by atoms with Gasteiger partial charge in [0.1, 0.15) is 11.3 Å². The van der Waals surface area contributed by atoms with Gasteiger partial charge in [-0.05, 0) is 56.4 Å². The van der Waals surface area contributed by atoms with Gasteiger partial charge in [0.25, 0.3) is 5.91 Å². The fourth-order valence-corrected chi connectivity index (χ4v) is 2.87. The largest absolute Gasteiger partial charge is 0.548 e. The van der Waals surface area contributed by atoms with Crippen molar-refractivity contribution in [3.05, 3.63) is 39.2 Å². The number of aryl methyl sites for hydroxylation is 2. The van der Waals surface area contributed by atoms with Gasteiger partial charge in [-0.1, -0.05) is 13.8 Å². The lowest BCUT2D eigenvalue weighted by atomic mass is 10.0. The van der Waals surface area contributed by atoms with Gasteiger partial charge in [0.15, 0.2) is 6.61 Å². The van der Waals surface area contributed by atoms with E-state index in [1.54, 1.807) is 26.0 Å². The normalized spacial score (nSPS) is 12.2. The summed E-state index contributed by atoms with van der Waals surface area (Å²) in [7, 11) is 0. The van der Waals surface area contributed by atoms with E-state index in [0.29, 0.717) is 27.8 Å². The van der Waals surface area contributed by atoms with E-state index in [1.165, 1.54) is 0 Å². The Bertz CT molecular complexity index is 928. The summed E-state index contributed by atoms with van der Waals surface area (Å²) in [5.74, 6) is -1.40. The third kappa shape index (κ3) is 4.87. The summed E-state index contributed by atoms with van der Waals surface area (Å²) in [4.78, 5) is 35.2. The Morgan fingerprint density at radius 2 is 1.85 bits per heavy atom. The van der Waals surface area contributed by atoms with E-state index in [0.717, 1.165) is 5.56 Å². The summed E-state index contributed by atoms with van der Waals surface area (Å²) in [5.41, 5.74) is 1.95. The standard InChI is InChI=1S/C20H25NO6/c1-10(2)6-14(19(23)24)21-17(22)9-26-15-7-11(3)8-16-18(15)12(4)13(5)20(25)27-16/h7-8,10,14H,6,9H2,1-5H3,(H,21,22)(H,23,24)/p-1/t14-/m1/s1. The Labute approximate surface area is 157 Å². The second-order valence-corrected chi connectivity index (χ2v) is 7.13. The molecule has 0 unspecified atom stereocenters. The molecule has 2 rings (SSSR count). The van der Waals surface area contributed by atoms with Gasteiger partial charge in [-0.3, -0.25) is 4.79 Å². The van der Waals surface area contributed by atoms with Crippen LogP contribution in [0.25, 0.3) is 11.0 Å². The number of ether oxygens (including phenoxy) is 1. The zero-order valence-electron chi connectivity index (χ0n) is 16.2. The fourth-order valence-electron chi connectivity index (χ4n) is 2.87. The third-order valence-electron chi connectivity index (χ3n) is 4.34. The monoisotopic (exact) mass is 374 g/mol. The summed E-state index contributed by atoms with van der Waals surface area (Å²) in [6.45, 7) is 8.61. The molecule has 7 heteroatoms. The number of hydrogen-bond donors (Lipinski definition) is 1. The molecule has 1 aromatic carbocycles. The van der Waals surface area contributed by atoms with Crippen LogP contribution in [0, 0.1) is 26.7 Å². The average molecular weight is 374 g/mol. The van der Waals surface area contributed by atoms with Crippen LogP contribution in [0.2, 0.25) is 0 Å². The summed E-state index contributed by atoms with van der Waals surface area (Å²) >= 11 is 0. The van der Waals surface area contributed by atoms with Crippen molar-refractivity contribution in [1.29, 1.82) is 0 Å². The minimum absolute atomic E-state index is 0.0864. The first-order chi connectivity index (χ1) is 12.6. The van der Waals surface area contributed by atoms with E-state index in [9.17, 15) is 19.5 Å². The molecule has 7 nitrogen and oxygen atoms in total. The number of amides is 1. The molecule has 1 heterocycles. The Balaban J connectivity index is 2.24. The molecule has 0 aliphatic heterocycles. The summed E-state index contributed by atoms with van der Waals surface area (Å²) < 4.78 is 11.0. The molecule has 0 aliphatic carbocycles. The quantitative estimate of drug-likeness (QED) is 0.734. The predicted molar refractivity (Wildman–Crippen MR) is 98.6 cm³/mol. The number of hydrogen-bond acceptors (Lipinski definition) is 6. The minimum Gasteiger partial charge on any atom is -0.548 e. The number of rotatable bonds is 7. The first kappa shape index (κ1) is 20.5. The topological polar surface area (TPSA) is 109 Å². The van der Waals surface area contributed by atoms with Crippen molar-refractivity contribution in [3.63, 3.8) is 0 Å². The van der Waals surface area contributed by atoms with E-state index in [-0.39, 0.29) is 18.9 Å². The molecule has 0 saturated heterocycles. The van der Waals surface area contributed by atoms with Gasteiger partial charge < -0.3 is 24.4 Å². The van der Waals surface area contributed by atoms with E-state index in [2.05, 4.69) is 5.32 Å². The van der Waals surface area contributed by atoms with Crippen molar-refractivity contribution >= 4 is 22.8 Å². The van der Waals surface area contributed by atoms with Gasteiger partial charge in [0.2, 0.25) is 0 Å². The Morgan fingerprint density at radius 3 is 2.44 bits per heavy atom. The molecule has 0 bridgehead atoms. The molecule has 2 aromatic rings. The smallest absolute Gasteiger partial charge is 0.339 e. The molecule has 1 amide bonds. The van der Waals surface area contributed by atoms with Gasteiger partial charge in [-0.25, -0.2) is 4.79 Å². The Kier molecular flexibility index (Phi) is 6.25. The SMILES string of the molecule is Cc1cc(OCC(=O)N[C@H](CC(C)C)C(=O)[O-])c2c(C)c(C)c(=O)oc2c1. The molecule has 0 spiro atoms. The van der Waals surface area contributed by atoms with Crippen LogP contribution in [0.15, 0.2) is 21.3 Å². The molecule has 0 fully saturated rings. The molecule has 146 valence electrons. The molecule has 1 N–H and O–H groups in total. The highest BCUT2D eigenvalue weighted by Crippen LogP contribution is 2.30. The molecule has 0 saturated carbocycles. The highest BCUT2D eigenvalue weighted by atomic mass is 16.5. The minimum atomic E-state index is -1.33. The number of aliphatic carboxylic acids is 1. The molecule has 0 radical (unpaired) electrons. The van der Waals surface area contributed by atoms with Crippen molar-refractivity contribution in [3.8, 4) is 5.75 Å². The lowest BCUT2D eigenvalue weighted by Crippen LogP contribution is -2.49. The van der Waals surface area contributed by atoms with Crippen LogP contribution in [0.3, 0.4) is 0 Å². The van der Waals surface area contributed by atoms with Crippen LogP contribution in [0.4, 0.5) is 0 Å². The predicted octanol–water partition coefficient (Wildman–Crippen LogP) is 1.38. The van der Waals surface area contributed by atoms with Gasteiger partial charge in [-0.15, -0.1) is 0 Å². The molecular weight excluding hydrogens is 350 g/mol. The number of carbonyl (C=O) groups is 2. The second kappa shape index (κ2) is 8.24. The van der Waals surface area contributed by atoms with Crippen LogP contribution in [0.5, 0.6) is 5.75 Å². The highest BCUT2D eigenvalue weighted by molar-refractivity contribution is 5.89. The van der Waals surface area contributed by atoms with Crippen LogP contribution in [-0.2, 0) is 9.59 Å². The van der Waals surface area contributed by atoms with Gasteiger partial charge in [0.05, 0.1) is 17.4 Å². The third-order valence-corrected chi connectivity index (χ3v) is 4.34. The van der Waals surface area contributed by atoms with Gasteiger partial charge >= 0.3 is 5.63 Å². The molecule has 1 atom stereocenters. The van der Waals surface area contributed by atoms with Crippen molar-refractivity contribution in [2.75, 3.05) is 6.61 Å². The number of benzene rings is 1. The Hall–Kier alpha value is -2.83. The summed E-state index contributed by atoms with van der Waals surface area (Å²) in [6, 6.07) is 2.40. The molecule has 1 aromatic heterocycles. The molecular formula is C20H24NO6-. The molecule has 27 heavy (non-hydrogen) atoms. The molecule has 0 aliphatic rings. The maximum absolute atomic E-state index is 12.1. The van der Waals surface area contributed by atoms with Crippen molar-refractivity contribution in [1.82, 2.24) is 5.32 Å². The average Bonchev–Trinajstić information content (AvgIpc) is 2.56. The van der Waals surface area contributed by atoms with Crippen LogP contribution >= 0.6 is 0 Å². The summed E-state index contributed by atoms with van der Waals surface area (Å²) in [6.07, 6.45) is 0.269. The fraction of sp³-hybridized carbons (Fsp3) is 0.450. The lowest BCUT2D eigenvalue weighted by Gasteiger charge is -2.21. The number of carboxylic acids is 1. The van der Waals surface area contributed by atoms with Crippen LogP contribution in [0.1, 0.15) is 37.0 Å². The van der Waals surface area contributed by atoms with Crippen molar-refractivity contribution in [2.24, 2.45) is 5.92 Å². The lowest BCUT2D eigenvalue weighted by molar-refractivity contribution is -0.308. The number of fused-ring (bicyclic) bond motifs is 1. The zero-order valence-corrected chi connectivity index (χ0v) is 16.2. The van der Waals surface area contributed by atoms with Gasteiger partial charge in [0, 0.05) is 5.56 Å². The maximum Gasteiger partial charge on any atom is 0.339 e. The van der Waals surface area contributed by atoms with Crippen LogP contribution < -0.4 is 20.8 Å². The highest BCUT2D eigenvalue weighted by Gasteiger charge is 2.17. The summed E-state index contributed by atoms with van der Waals surface area (Å²) in [5, 5.41) is 14.2. The number of carbonyl (C=O) groups excluding carboxylic acids is 2. The van der Waals surface area contributed by atoms with E-state index in [4.69, 9.17) is 9.15 Å². The van der Waals surface area contributed by atoms with E-state index in [1.807, 2.05) is 20.8 Å². The van der Waals surface area contributed by atoms with Crippen LogP contribution in [-0.4, -0.2) is 24.5 Å². The van der Waals surface area contributed by atoms with Crippen molar-refractivity contribution in [2.45, 2.75) is 47.1 Å². The zero-order chi connectivity index (χ0) is 20.3. The second-order valence-electron chi connectivity index (χ2n) is 7.13. The first-order valence-electron chi connectivity index (χ1n) is 8.77. The Morgan fingerprint density at radius 1 is 1.19 bits per heavy atom. The number of carboxylic acid groups (broad SMARTS) is 1.